The summed E-state index contributed by atoms with van der Waals surface area (Å²) >= 11 is 0. The fraction of sp³-hybridized carbons (Fsp3) is 0.136. The molecule has 0 bridgehead atoms. The Balaban J connectivity index is 1.39. The highest BCUT2D eigenvalue weighted by Crippen LogP contribution is 2.40. The summed E-state index contributed by atoms with van der Waals surface area (Å²) in [4.78, 5) is 0. The molecule has 0 radical (unpaired) electrons. The highest BCUT2D eigenvalue weighted by Gasteiger charge is 2.51. The van der Waals surface area contributed by atoms with Crippen LogP contribution in [0.5, 0.6) is 0 Å². The Morgan fingerprint density at radius 2 is 0.809 bits per heavy atom. The second-order valence-electron chi connectivity index (χ2n) is 13.7. The maximum absolute atomic E-state index is 6.65. The summed E-state index contributed by atoms with van der Waals surface area (Å²) in [6.45, 7) is 8.46. The molecule has 1 fully saturated rings. The molecule has 1 aliphatic heterocycles. The lowest BCUT2D eigenvalue weighted by Crippen LogP contribution is -2.41. The highest BCUT2D eigenvalue weighted by atomic mass is 16.7. The number of hydrogen-bond acceptors (Lipinski definition) is 2. The monoisotopic (exact) mass is 608 g/mol. The zero-order valence-corrected chi connectivity index (χ0v) is 27.3. The highest BCUT2D eigenvalue weighted by molar-refractivity contribution is 6.62. The van der Waals surface area contributed by atoms with Crippen LogP contribution in [0.15, 0.2) is 152 Å². The van der Waals surface area contributed by atoms with Crippen LogP contribution in [0.1, 0.15) is 27.7 Å². The second kappa shape index (κ2) is 11.4. The van der Waals surface area contributed by atoms with Crippen LogP contribution in [0.3, 0.4) is 0 Å². The topological polar surface area (TPSA) is 18.5 Å². The predicted octanol–water partition coefficient (Wildman–Crippen LogP) is 11.0. The molecule has 0 saturated carbocycles. The molecule has 3 heteroatoms. The molecule has 0 aromatic heterocycles. The molecule has 7 aromatic carbocycles. The van der Waals surface area contributed by atoms with Gasteiger partial charge in [0.25, 0.3) is 0 Å². The van der Waals surface area contributed by atoms with E-state index in [1.54, 1.807) is 0 Å². The fourth-order valence-electron chi connectivity index (χ4n) is 6.77. The zero-order chi connectivity index (χ0) is 32.2. The Kier molecular flexibility index (Phi) is 7.13. The Labute approximate surface area is 277 Å². The van der Waals surface area contributed by atoms with Crippen LogP contribution >= 0.6 is 0 Å². The van der Waals surface area contributed by atoms with Gasteiger partial charge in [0.05, 0.1) is 11.2 Å². The van der Waals surface area contributed by atoms with Crippen LogP contribution in [0.2, 0.25) is 0 Å². The maximum atomic E-state index is 6.65. The van der Waals surface area contributed by atoms with Crippen molar-refractivity contribution in [2.75, 3.05) is 0 Å². The van der Waals surface area contributed by atoms with E-state index in [-0.39, 0.29) is 0 Å². The molecule has 8 rings (SSSR count). The van der Waals surface area contributed by atoms with Gasteiger partial charge in [0.15, 0.2) is 0 Å². The molecule has 0 atom stereocenters. The van der Waals surface area contributed by atoms with Crippen molar-refractivity contribution in [1.82, 2.24) is 0 Å². The molecule has 0 aliphatic carbocycles. The standard InChI is InChI=1S/C44H37BO2/c1-43(2)44(3,4)47-45(46-43)38-27-36(26-37(28-38)42-29-32-19-11-12-20-39(32)40-21-13-14-22-41(40)42)35-24-33(30-15-7-5-8-16-30)23-34(25-35)31-17-9-6-10-18-31/h5-29H,1-4H3. The van der Waals surface area contributed by atoms with E-state index in [1.807, 2.05) is 0 Å². The molecule has 0 unspecified atom stereocenters. The Hall–Kier alpha value is -4.96. The fourth-order valence-corrected chi connectivity index (χ4v) is 6.77. The van der Waals surface area contributed by atoms with Gasteiger partial charge in [0.2, 0.25) is 0 Å². The molecule has 228 valence electrons. The molecule has 7 aromatic rings. The van der Waals surface area contributed by atoms with Gasteiger partial charge in [-0.1, -0.05) is 121 Å². The number of benzene rings is 7. The van der Waals surface area contributed by atoms with Gasteiger partial charge in [0.1, 0.15) is 0 Å². The molecular weight excluding hydrogens is 571 g/mol. The van der Waals surface area contributed by atoms with Crippen molar-refractivity contribution in [3.05, 3.63) is 152 Å². The first-order valence-electron chi connectivity index (χ1n) is 16.4. The van der Waals surface area contributed by atoms with E-state index in [0.717, 1.165) is 22.2 Å². The lowest BCUT2D eigenvalue weighted by atomic mass is 9.75. The van der Waals surface area contributed by atoms with Gasteiger partial charge in [0, 0.05) is 0 Å². The number of rotatable bonds is 5. The van der Waals surface area contributed by atoms with Crippen LogP contribution in [0, 0.1) is 0 Å². The minimum atomic E-state index is -0.490. The summed E-state index contributed by atoms with van der Waals surface area (Å²) in [5.74, 6) is 0. The quantitative estimate of drug-likeness (QED) is 0.143. The zero-order valence-electron chi connectivity index (χ0n) is 27.3. The summed E-state index contributed by atoms with van der Waals surface area (Å²) < 4.78 is 13.3. The van der Waals surface area contributed by atoms with Crippen molar-refractivity contribution < 1.29 is 9.31 Å². The van der Waals surface area contributed by atoms with Crippen molar-refractivity contribution in [2.45, 2.75) is 38.9 Å². The number of fused-ring (bicyclic) bond motifs is 3. The minimum absolute atomic E-state index is 0.447. The predicted molar refractivity (Wildman–Crippen MR) is 199 cm³/mol. The third-order valence-electron chi connectivity index (χ3n) is 10.0. The molecular formula is C44H37BO2. The van der Waals surface area contributed by atoms with E-state index in [2.05, 4.69) is 179 Å². The lowest BCUT2D eigenvalue weighted by Gasteiger charge is -2.32. The lowest BCUT2D eigenvalue weighted by molar-refractivity contribution is 0.00578. The first-order chi connectivity index (χ1) is 22.8. The first kappa shape index (κ1) is 29.4. The second-order valence-corrected chi connectivity index (χ2v) is 13.7. The average Bonchev–Trinajstić information content (AvgIpc) is 3.34. The maximum Gasteiger partial charge on any atom is 0.494 e. The van der Waals surface area contributed by atoms with Crippen LogP contribution in [0.4, 0.5) is 0 Å². The van der Waals surface area contributed by atoms with Gasteiger partial charge >= 0.3 is 7.12 Å². The summed E-state index contributed by atoms with van der Waals surface area (Å²) in [6, 6.07) is 54.8. The Bertz CT molecular complexity index is 2180. The van der Waals surface area contributed by atoms with Crippen LogP contribution in [0.25, 0.3) is 66.1 Å². The molecule has 0 amide bonds. The van der Waals surface area contributed by atoms with Crippen molar-refractivity contribution >= 4 is 34.1 Å². The van der Waals surface area contributed by atoms with Crippen molar-refractivity contribution in [2.24, 2.45) is 0 Å². The van der Waals surface area contributed by atoms with E-state index in [1.165, 1.54) is 49.4 Å². The molecule has 0 spiro atoms. The van der Waals surface area contributed by atoms with Crippen molar-refractivity contribution in [3.8, 4) is 44.5 Å². The van der Waals surface area contributed by atoms with E-state index in [4.69, 9.17) is 9.31 Å². The summed E-state index contributed by atoms with van der Waals surface area (Å²) in [7, 11) is -0.490. The van der Waals surface area contributed by atoms with E-state index in [9.17, 15) is 0 Å². The molecule has 1 heterocycles. The van der Waals surface area contributed by atoms with Gasteiger partial charge in [-0.25, -0.2) is 0 Å². The molecule has 1 saturated heterocycles. The van der Waals surface area contributed by atoms with Gasteiger partial charge in [-0.2, -0.15) is 0 Å². The van der Waals surface area contributed by atoms with Gasteiger partial charge in [-0.05, 0) is 130 Å². The van der Waals surface area contributed by atoms with Crippen LogP contribution in [-0.2, 0) is 9.31 Å². The Morgan fingerprint density at radius 1 is 0.383 bits per heavy atom. The smallest absolute Gasteiger partial charge is 0.399 e. The van der Waals surface area contributed by atoms with E-state index in [0.29, 0.717) is 0 Å². The summed E-state index contributed by atoms with van der Waals surface area (Å²) in [5.41, 5.74) is 9.47. The molecule has 0 N–H and O–H groups in total. The average molecular weight is 609 g/mol. The third kappa shape index (κ3) is 5.36. The SMILES string of the molecule is CC1(C)OB(c2cc(-c3cc(-c4ccccc4)cc(-c4ccccc4)c3)cc(-c3cc4ccccc4c4ccccc34)c2)OC1(C)C. The van der Waals surface area contributed by atoms with Crippen LogP contribution < -0.4 is 5.46 Å². The molecule has 1 aliphatic rings. The summed E-state index contributed by atoms with van der Waals surface area (Å²) in [6.07, 6.45) is 0. The molecule has 2 nitrogen and oxygen atoms in total. The van der Waals surface area contributed by atoms with E-state index >= 15 is 0 Å². The van der Waals surface area contributed by atoms with Gasteiger partial charge in [-0.3, -0.25) is 0 Å². The van der Waals surface area contributed by atoms with Gasteiger partial charge < -0.3 is 9.31 Å². The third-order valence-corrected chi connectivity index (χ3v) is 10.0. The van der Waals surface area contributed by atoms with Crippen molar-refractivity contribution in [3.63, 3.8) is 0 Å². The minimum Gasteiger partial charge on any atom is -0.399 e. The Morgan fingerprint density at radius 3 is 1.40 bits per heavy atom. The van der Waals surface area contributed by atoms with Gasteiger partial charge in [-0.15, -0.1) is 0 Å². The molecule has 47 heavy (non-hydrogen) atoms. The number of hydrogen-bond donors (Lipinski definition) is 0. The van der Waals surface area contributed by atoms with Crippen molar-refractivity contribution in [1.29, 1.82) is 0 Å². The normalized spacial score (nSPS) is 15.4. The van der Waals surface area contributed by atoms with E-state index < -0.39 is 18.3 Å². The van der Waals surface area contributed by atoms with Crippen LogP contribution in [-0.4, -0.2) is 18.3 Å². The largest absolute Gasteiger partial charge is 0.494 e. The summed E-state index contributed by atoms with van der Waals surface area (Å²) in [5, 5.41) is 4.96. The first-order valence-corrected chi connectivity index (χ1v) is 16.4.